The highest BCUT2D eigenvalue weighted by Crippen LogP contribution is 2.48. The zero-order valence-corrected chi connectivity index (χ0v) is 38.1. The van der Waals surface area contributed by atoms with Gasteiger partial charge in [0.1, 0.15) is 12.2 Å². The van der Waals surface area contributed by atoms with Crippen molar-refractivity contribution < 1.29 is 77.2 Å². The second-order valence-corrected chi connectivity index (χ2v) is 18.1. The Morgan fingerprint density at radius 2 is 1.57 bits per heavy atom. The van der Waals surface area contributed by atoms with E-state index in [0.717, 1.165) is 24.5 Å². The average Bonchev–Trinajstić information content (AvgIpc) is 3.19. The first kappa shape index (κ1) is 51.4. The number of carbonyl (C=O) groups excluding carboxylic acids is 5. The first-order valence-electron chi connectivity index (χ1n) is 21.8. The normalized spacial score (nSPS) is 35.0. The molecule has 6 bridgehead atoms. The third-order valence-electron chi connectivity index (χ3n) is 12.2. The van der Waals surface area contributed by atoms with Crippen molar-refractivity contribution in [1.82, 2.24) is 0 Å². The first-order chi connectivity index (χ1) is 29.6. The Labute approximate surface area is 370 Å². The molecular weight excluding hydrogens is 821 g/mol. The van der Waals surface area contributed by atoms with Crippen LogP contribution < -0.4 is 0 Å². The molecule has 0 aliphatic carbocycles. The van der Waals surface area contributed by atoms with Gasteiger partial charge in [-0.2, -0.15) is 0 Å². The fraction of sp³-hybridized carbons (Fsp3) is 0.681. The van der Waals surface area contributed by atoms with Crippen LogP contribution in [0.4, 0.5) is 0 Å². The number of fused-ring (bicyclic) bond motifs is 6. The van der Waals surface area contributed by atoms with Crippen LogP contribution in [0.3, 0.4) is 0 Å². The van der Waals surface area contributed by atoms with Gasteiger partial charge in [-0.15, -0.1) is 0 Å². The molecule has 0 aromatic heterocycles. The molecule has 4 heterocycles. The molecule has 3 fully saturated rings. The van der Waals surface area contributed by atoms with E-state index in [1.54, 1.807) is 32.1 Å². The van der Waals surface area contributed by atoms with Gasteiger partial charge in [0, 0.05) is 61.7 Å². The standard InChI is InChI=1S/C47H68O16/c1-10-11-12-13-14-15-40(51)62-44-31(22-42(53)57-9)21-36-25-37(28(2)48)61-43(54)24-32(50)23-35-27-38(58-29(3)49)46(6,7)39(60-35)26-34-19-30(20-41(52)56-8)18-33(59-34)16-17-45(4,5)47(44,55)63-36/h12-17,20,22,28,32-39,44,48,50,55H,10-11,18-19,21,23-27H2,1-9H3/b13-12+,15-14+,17-16+,30-20+,31-22+/t28-,32-,33-,34+,35+,36+,37+,38+,39+,44+,47-/m1/s1. The van der Waals surface area contributed by atoms with Gasteiger partial charge in [-0.25, -0.2) is 14.4 Å². The molecule has 0 unspecified atom stereocenters. The molecule has 0 spiro atoms. The molecule has 0 amide bonds. The Morgan fingerprint density at radius 1 is 0.873 bits per heavy atom. The largest absolute Gasteiger partial charge is 0.466 e. The topological polar surface area (TPSA) is 220 Å². The number of methoxy groups -OCH3 is 2. The second-order valence-electron chi connectivity index (χ2n) is 18.1. The number of ether oxygens (including phenoxy) is 8. The van der Waals surface area contributed by atoms with Crippen LogP contribution in [-0.2, 0) is 61.9 Å². The predicted molar refractivity (Wildman–Crippen MR) is 227 cm³/mol. The molecule has 63 heavy (non-hydrogen) atoms. The molecule has 0 aromatic rings. The molecule has 3 saturated heterocycles. The number of hydrogen-bond acceptors (Lipinski definition) is 16. The van der Waals surface area contributed by atoms with Crippen molar-refractivity contribution in [3.05, 3.63) is 59.8 Å². The smallest absolute Gasteiger partial charge is 0.331 e. The van der Waals surface area contributed by atoms with Crippen LogP contribution in [0.5, 0.6) is 0 Å². The average molecular weight is 889 g/mol. The lowest BCUT2D eigenvalue weighted by Crippen LogP contribution is -2.62. The zero-order chi connectivity index (χ0) is 46.7. The minimum atomic E-state index is -2.42. The quantitative estimate of drug-likeness (QED) is 0.0916. The summed E-state index contributed by atoms with van der Waals surface area (Å²) in [4.78, 5) is 64.6. The Morgan fingerprint density at radius 3 is 2.22 bits per heavy atom. The summed E-state index contributed by atoms with van der Waals surface area (Å²) in [6.45, 7) is 11.9. The molecule has 0 saturated carbocycles. The lowest BCUT2D eigenvalue weighted by molar-refractivity contribution is -0.327. The minimum absolute atomic E-state index is 0.0109. The van der Waals surface area contributed by atoms with Crippen LogP contribution in [0.1, 0.15) is 113 Å². The molecule has 352 valence electrons. The number of rotatable bonds is 9. The van der Waals surface area contributed by atoms with Crippen molar-refractivity contribution in [2.75, 3.05) is 14.2 Å². The van der Waals surface area contributed by atoms with E-state index in [2.05, 4.69) is 0 Å². The SMILES string of the molecule is CCC/C=C/C=C/C(=O)O[C@H]1/C(=C/C(=O)OC)C[C@H]2C[C@@H]([C@@H](C)O)OC(=O)C[C@H](O)C[C@H]3C[C@H](OC(C)=O)C(C)(C)[C@H](C[C@@H]4C/C(=C/C(=O)OC)C[C@@H](/C=C/C(C)(C)[C@]1(O)O2)O4)O3. The Kier molecular flexibility index (Phi) is 18.5. The summed E-state index contributed by atoms with van der Waals surface area (Å²) in [6.07, 6.45) is 4.80. The van der Waals surface area contributed by atoms with Gasteiger partial charge in [0.15, 0.2) is 6.10 Å². The maximum atomic E-state index is 13.4. The van der Waals surface area contributed by atoms with Crippen molar-refractivity contribution in [2.24, 2.45) is 10.8 Å². The fourth-order valence-corrected chi connectivity index (χ4v) is 8.53. The van der Waals surface area contributed by atoms with Crippen LogP contribution in [0.25, 0.3) is 0 Å². The summed E-state index contributed by atoms with van der Waals surface area (Å²) in [6, 6.07) is 0. The molecule has 16 heteroatoms. The van der Waals surface area contributed by atoms with Crippen LogP contribution in [0, 0.1) is 10.8 Å². The molecule has 0 radical (unpaired) electrons. The molecule has 11 atom stereocenters. The van der Waals surface area contributed by atoms with Gasteiger partial charge < -0.3 is 53.2 Å². The second kappa shape index (κ2) is 22.6. The zero-order valence-electron chi connectivity index (χ0n) is 38.1. The Bertz CT molecular complexity index is 1770. The maximum Gasteiger partial charge on any atom is 0.331 e. The van der Waals surface area contributed by atoms with E-state index < -0.39 is 114 Å². The van der Waals surface area contributed by atoms with Gasteiger partial charge in [0.05, 0.1) is 63.4 Å². The number of carbonyl (C=O) groups is 5. The van der Waals surface area contributed by atoms with E-state index in [0.29, 0.717) is 6.42 Å². The maximum absolute atomic E-state index is 13.4. The molecule has 3 N–H and O–H groups in total. The number of allylic oxidation sites excluding steroid dienone is 3. The summed E-state index contributed by atoms with van der Waals surface area (Å²) >= 11 is 0. The van der Waals surface area contributed by atoms with Gasteiger partial charge in [-0.05, 0) is 38.2 Å². The van der Waals surface area contributed by atoms with Gasteiger partial charge in [0.25, 0.3) is 0 Å². The van der Waals surface area contributed by atoms with Gasteiger partial charge in [-0.3, -0.25) is 9.59 Å². The Balaban J connectivity index is 1.86. The summed E-state index contributed by atoms with van der Waals surface area (Å²) in [7, 11) is 2.46. The van der Waals surface area contributed by atoms with Crippen molar-refractivity contribution in [3.63, 3.8) is 0 Å². The number of cyclic esters (lactones) is 1. The number of unbranched alkanes of at least 4 members (excludes halogenated alkanes) is 1. The number of esters is 5. The number of aliphatic hydroxyl groups excluding tert-OH is 2. The third kappa shape index (κ3) is 14.1. The van der Waals surface area contributed by atoms with E-state index in [1.807, 2.05) is 26.8 Å². The minimum Gasteiger partial charge on any atom is -0.466 e. The fourth-order valence-electron chi connectivity index (χ4n) is 8.53. The van der Waals surface area contributed by atoms with Crippen LogP contribution in [-0.4, -0.2) is 126 Å². The highest BCUT2D eigenvalue weighted by molar-refractivity contribution is 5.85. The molecule has 4 aliphatic rings. The van der Waals surface area contributed by atoms with Crippen molar-refractivity contribution >= 4 is 29.8 Å². The highest BCUT2D eigenvalue weighted by atomic mass is 16.7. The lowest BCUT2D eigenvalue weighted by Gasteiger charge is -2.51. The van der Waals surface area contributed by atoms with Crippen LogP contribution in [0.2, 0.25) is 0 Å². The molecular formula is C47H68O16. The van der Waals surface area contributed by atoms with Crippen LogP contribution in [0.15, 0.2) is 59.8 Å². The van der Waals surface area contributed by atoms with Gasteiger partial charge in [0.2, 0.25) is 5.79 Å². The van der Waals surface area contributed by atoms with Crippen molar-refractivity contribution in [2.45, 2.75) is 180 Å². The van der Waals surface area contributed by atoms with Crippen molar-refractivity contribution in [1.29, 1.82) is 0 Å². The summed E-state index contributed by atoms with van der Waals surface area (Å²) in [5.74, 6) is -5.92. The van der Waals surface area contributed by atoms with E-state index in [4.69, 9.17) is 37.9 Å². The number of hydrogen-bond donors (Lipinski definition) is 3. The van der Waals surface area contributed by atoms with E-state index in [9.17, 15) is 39.3 Å². The van der Waals surface area contributed by atoms with E-state index in [-0.39, 0.29) is 44.1 Å². The van der Waals surface area contributed by atoms with E-state index in [1.165, 1.54) is 46.3 Å². The van der Waals surface area contributed by atoms with Crippen LogP contribution >= 0.6 is 0 Å². The summed E-state index contributed by atoms with van der Waals surface area (Å²) in [5, 5.41) is 35.1. The summed E-state index contributed by atoms with van der Waals surface area (Å²) < 4.78 is 47.2. The molecule has 4 aliphatic heterocycles. The predicted octanol–water partition coefficient (Wildman–Crippen LogP) is 4.96. The van der Waals surface area contributed by atoms with Gasteiger partial charge >= 0.3 is 29.8 Å². The molecule has 0 aromatic carbocycles. The Hall–Kier alpha value is -4.19. The van der Waals surface area contributed by atoms with Gasteiger partial charge in [-0.1, -0.05) is 77.0 Å². The number of aliphatic hydroxyl groups is 3. The van der Waals surface area contributed by atoms with Crippen molar-refractivity contribution in [3.8, 4) is 0 Å². The van der Waals surface area contributed by atoms with E-state index >= 15 is 0 Å². The molecule has 4 rings (SSSR count). The summed E-state index contributed by atoms with van der Waals surface area (Å²) in [5.41, 5.74) is -1.35. The monoisotopic (exact) mass is 888 g/mol. The lowest BCUT2D eigenvalue weighted by atomic mass is 9.73. The first-order valence-corrected chi connectivity index (χ1v) is 21.8. The molecule has 16 nitrogen and oxygen atoms in total. The third-order valence-corrected chi connectivity index (χ3v) is 12.2. The highest BCUT2D eigenvalue weighted by Gasteiger charge is 2.58.